The maximum Gasteiger partial charge on any atom is 0.416 e. The van der Waals surface area contributed by atoms with Crippen molar-refractivity contribution in [3.63, 3.8) is 0 Å². The molecule has 27 heavy (non-hydrogen) atoms. The normalized spacial score (nSPS) is 10.8. The minimum Gasteiger partial charge on any atom is -0.452 e. The first-order chi connectivity index (χ1) is 12.7. The number of hydrogen-bond acceptors (Lipinski definition) is 5. The number of rotatable bonds is 5. The number of benzene rings is 2. The molecule has 0 spiro atoms. The summed E-state index contributed by atoms with van der Waals surface area (Å²) in [4.78, 5) is 34.0. The van der Waals surface area contributed by atoms with Crippen molar-refractivity contribution in [2.24, 2.45) is 5.73 Å². The summed E-state index contributed by atoms with van der Waals surface area (Å²) in [6.07, 6.45) is -4.51. The minimum absolute atomic E-state index is 0.0122. The van der Waals surface area contributed by atoms with Gasteiger partial charge in [-0.3, -0.25) is 10.1 Å². The van der Waals surface area contributed by atoms with E-state index in [1.807, 2.05) is 0 Å². The fourth-order valence-electron chi connectivity index (χ4n) is 2.08. The number of hydrogen-bond donors (Lipinski definition) is 3. The number of primary amides is 1. The van der Waals surface area contributed by atoms with Gasteiger partial charge in [-0.2, -0.15) is 13.2 Å². The minimum atomic E-state index is -4.51. The van der Waals surface area contributed by atoms with Gasteiger partial charge < -0.3 is 15.8 Å². The molecule has 0 aliphatic heterocycles. The van der Waals surface area contributed by atoms with Crippen LogP contribution < -0.4 is 16.4 Å². The van der Waals surface area contributed by atoms with Gasteiger partial charge in [0.25, 0.3) is 5.91 Å². The molecule has 0 saturated heterocycles. The Morgan fingerprint density at radius 1 is 1.04 bits per heavy atom. The molecule has 7 nitrogen and oxygen atoms in total. The van der Waals surface area contributed by atoms with Crippen LogP contribution in [0.15, 0.2) is 48.5 Å². The lowest BCUT2D eigenvalue weighted by Crippen LogP contribution is -2.37. The molecule has 142 valence electrons. The first-order valence-electron chi connectivity index (χ1n) is 7.46. The number of halogens is 3. The van der Waals surface area contributed by atoms with Gasteiger partial charge in [-0.05, 0) is 30.3 Å². The zero-order valence-corrected chi connectivity index (χ0v) is 13.7. The third kappa shape index (κ3) is 5.73. The van der Waals surface area contributed by atoms with Gasteiger partial charge in [0, 0.05) is 5.69 Å². The third-order valence-electron chi connectivity index (χ3n) is 3.21. The van der Waals surface area contributed by atoms with Crippen molar-refractivity contribution in [3.8, 4) is 0 Å². The van der Waals surface area contributed by atoms with E-state index in [1.165, 1.54) is 30.3 Å². The average molecular weight is 381 g/mol. The molecule has 0 heterocycles. The van der Waals surface area contributed by atoms with E-state index < -0.39 is 36.3 Å². The number of anilines is 2. The number of alkyl halides is 3. The molecule has 2 aromatic rings. The number of esters is 1. The Balaban J connectivity index is 2.15. The highest BCUT2D eigenvalue weighted by molar-refractivity contribution is 5.99. The average Bonchev–Trinajstić information content (AvgIpc) is 2.59. The standard InChI is InChI=1S/C17H14F3N3O4/c18-17(19,20)10-4-3-5-11(8-10)22-13-7-2-1-6-12(13)15(25)27-9-14(24)23-16(21)26/h1-8,22H,9H2,(H3,21,23,24,26). The maximum atomic E-state index is 12.8. The number of para-hydroxylation sites is 1. The summed E-state index contributed by atoms with van der Waals surface area (Å²) < 4.78 is 43.2. The molecule has 4 N–H and O–H groups in total. The summed E-state index contributed by atoms with van der Waals surface area (Å²) in [7, 11) is 0. The molecule has 0 aliphatic rings. The lowest BCUT2D eigenvalue weighted by atomic mass is 10.1. The summed E-state index contributed by atoms with van der Waals surface area (Å²) in [6, 6.07) is 9.24. The number of amides is 3. The smallest absolute Gasteiger partial charge is 0.416 e. The highest BCUT2D eigenvalue weighted by Crippen LogP contribution is 2.31. The Labute approximate surface area is 151 Å². The van der Waals surface area contributed by atoms with Crippen LogP contribution in [0.5, 0.6) is 0 Å². The lowest BCUT2D eigenvalue weighted by Gasteiger charge is -2.13. The van der Waals surface area contributed by atoms with Crippen molar-refractivity contribution in [2.75, 3.05) is 11.9 Å². The monoisotopic (exact) mass is 381 g/mol. The Morgan fingerprint density at radius 3 is 2.41 bits per heavy atom. The van der Waals surface area contributed by atoms with Gasteiger partial charge in [-0.25, -0.2) is 9.59 Å². The quantitative estimate of drug-likeness (QED) is 0.690. The van der Waals surface area contributed by atoms with Crippen LogP contribution in [0.1, 0.15) is 15.9 Å². The van der Waals surface area contributed by atoms with E-state index in [1.54, 1.807) is 11.4 Å². The first kappa shape index (κ1) is 19.8. The fourth-order valence-corrected chi connectivity index (χ4v) is 2.08. The number of ether oxygens (including phenoxy) is 1. The number of imide groups is 1. The van der Waals surface area contributed by atoms with Gasteiger partial charge in [-0.1, -0.05) is 18.2 Å². The first-order valence-corrected chi connectivity index (χ1v) is 7.46. The summed E-state index contributed by atoms with van der Waals surface area (Å²) in [5, 5.41) is 4.44. The molecule has 0 aliphatic carbocycles. The van der Waals surface area contributed by atoms with Gasteiger partial charge in [0.2, 0.25) is 0 Å². The number of carbonyl (C=O) groups is 3. The van der Waals surface area contributed by atoms with Crippen molar-refractivity contribution in [3.05, 3.63) is 59.7 Å². The van der Waals surface area contributed by atoms with Crippen LogP contribution in [0.4, 0.5) is 29.3 Å². The Bertz CT molecular complexity index is 868. The topological polar surface area (TPSA) is 111 Å². The zero-order valence-electron chi connectivity index (χ0n) is 13.7. The van der Waals surface area contributed by atoms with Gasteiger partial charge >= 0.3 is 18.2 Å². The second-order valence-corrected chi connectivity index (χ2v) is 5.24. The van der Waals surface area contributed by atoms with E-state index >= 15 is 0 Å². The van der Waals surface area contributed by atoms with E-state index in [-0.39, 0.29) is 16.9 Å². The second kappa shape index (κ2) is 8.21. The van der Waals surface area contributed by atoms with Crippen molar-refractivity contribution < 1.29 is 32.3 Å². The summed E-state index contributed by atoms with van der Waals surface area (Å²) >= 11 is 0. The fraction of sp³-hybridized carbons (Fsp3) is 0.118. The highest BCUT2D eigenvalue weighted by Gasteiger charge is 2.30. The second-order valence-electron chi connectivity index (χ2n) is 5.24. The largest absolute Gasteiger partial charge is 0.452 e. The van der Waals surface area contributed by atoms with Crippen LogP contribution >= 0.6 is 0 Å². The molecular formula is C17H14F3N3O4. The van der Waals surface area contributed by atoms with Crippen LogP contribution in [0.25, 0.3) is 0 Å². The van der Waals surface area contributed by atoms with E-state index in [4.69, 9.17) is 10.5 Å². The van der Waals surface area contributed by atoms with Gasteiger partial charge in [0.05, 0.1) is 16.8 Å². The predicted octanol–water partition coefficient (Wildman–Crippen LogP) is 2.80. The molecule has 10 heteroatoms. The van der Waals surface area contributed by atoms with Gasteiger partial charge in [0.15, 0.2) is 6.61 Å². The van der Waals surface area contributed by atoms with Crippen molar-refractivity contribution >= 4 is 29.3 Å². The summed E-state index contributed by atoms with van der Waals surface area (Å²) in [5.41, 5.74) is 4.18. The van der Waals surface area contributed by atoms with Gasteiger partial charge in [-0.15, -0.1) is 0 Å². The van der Waals surface area contributed by atoms with E-state index in [0.717, 1.165) is 12.1 Å². The molecule has 0 fully saturated rings. The lowest BCUT2D eigenvalue weighted by molar-refractivity contribution is -0.137. The Hall–Kier alpha value is -3.56. The van der Waals surface area contributed by atoms with Crippen LogP contribution in [0, 0.1) is 0 Å². The summed E-state index contributed by atoms with van der Waals surface area (Å²) in [6.45, 7) is -0.750. The predicted molar refractivity (Wildman–Crippen MR) is 89.2 cm³/mol. The maximum absolute atomic E-state index is 12.8. The third-order valence-corrected chi connectivity index (χ3v) is 3.21. The molecular weight excluding hydrogens is 367 g/mol. The van der Waals surface area contributed by atoms with Crippen LogP contribution in [0.3, 0.4) is 0 Å². The molecule has 0 aromatic heterocycles. The Morgan fingerprint density at radius 2 is 1.74 bits per heavy atom. The summed E-state index contributed by atoms with van der Waals surface area (Å²) in [5.74, 6) is -1.83. The molecule has 2 rings (SSSR count). The number of urea groups is 1. The van der Waals surface area contributed by atoms with Crippen molar-refractivity contribution in [1.82, 2.24) is 5.32 Å². The number of nitrogens with one attached hydrogen (secondary N) is 2. The highest BCUT2D eigenvalue weighted by atomic mass is 19.4. The molecule has 0 atom stereocenters. The van der Waals surface area contributed by atoms with E-state index in [0.29, 0.717) is 0 Å². The SMILES string of the molecule is NC(=O)NC(=O)COC(=O)c1ccccc1Nc1cccc(C(F)(F)F)c1. The van der Waals surface area contributed by atoms with E-state index in [2.05, 4.69) is 5.32 Å². The van der Waals surface area contributed by atoms with Crippen molar-refractivity contribution in [2.45, 2.75) is 6.18 Å². The van der Waals surface area contributed by atoms with Crippen LogP contribution in [0.2, 0.25) is 0 Å². The molecule has 0 unspecified atom stereocenters. The molecule has 2 aromatic carbocycles. The van der Waals surface area contributed by atoms with Crippen molar-refractivity contribution in [1.29, 1.82) is 0 Å². The molecule has 3 amide bonds. The van der Waals surface area contributed by atoms with Crippen LogP contribution in [-0.2, 0) is 15.7 Å². The molecule has 0 bridgehead atoms. The Kier molecular flexibility index (Phi) is 6.01. The number of nitrogens with two attached hydrogens (primary N) is 1. The molecule has 0 radical (unpaired) electrons. The van der Waals surface area contributed by atoms with E-state index in [9.17, 15) is 27.6 Å². The number of carbonyl (C=O) groups excluding carboxylic acids is 3. The van der Waals surface area contributed by atoms with Gasteiger partial charge in [0.1, 0.15) is 0 Å². The zero-order chi connectivity index (χ0) is 20.0. The molecule has 0 saturated carbocycles. The van der Waals surface area contributed by atoms with Crippen LogP contribution in [-0.4, -0.2) is 24.5 Å².